The molecule has 0 aromatic carbocycles. The Hall–Kier alpha value is -2.54. The van der Waals surface area contributed by atoms with Crippen molar-refractivity contribution in [1.82, 2.24) is 20.3 Å². The minimum absolute atomic E-state index is 0.307. The zero-order valence-electron chi connectivity index (χ0n) is 10.3. The molecule has 0 radical (unpaired) electrons. The van der Waals surface area contributed by atoms with Crippen LogP contribution in [0.5, 0.6) is 0 Å². The highest BCUT2D eigenvalue weighted by Crippen LogP contribution is 2.16. The lowest BCUT2D eigenvalue weighted by Gasteiger charge is -2.15. The zero-order chi connectivity index (χ0) is 13.2. The molecule has 1 aliphatic heterocycles. The van der Waals surface area contributed by atoms with Crippen LogP contribution >= 0.6 is 0 Å². The molecule has 0 atom stereocenters. The number of nitrogens with one attached hydrogen (secondary N) is 2. The Bertz CT molecular complexity index is 649. The van der Waals surface area contributed by atoms with Crippen LogP contribution in [0.1, 0.15) is 17.4 Å². The van der Waals surface area contributed by atoms with Crippen LogP contribution in [-0.4, -0.2) is 22.0 Å². The van der Waals surface area contributed by atoms with Gasteiger partial charge in [-0.05, 0) is 19.1 Å². The van der Waals surface area contributed by atoms with E-state index in [0.29, 0.717) is 17.9 Å². The van der Waals surface area contributed by atoms with Crippen molar-refractivity contribution < 1.29 is 9.53 Å². The van der Waals surface area contributed by atoms with Crippen LogP contribution in [0.3, 0.4) is 0 Å². The number of pyridine rings is 1. The van der Waals surface area contributed by atoms with Crippen LogP contribution in [0.4, 0.5) is 5.69 Å². The second kappa shape index (κ2) is 4.62. The summed E-state index contributed by atoms with van der Waals surface area (Å²) in [6, 6.07) is 3.74. The summed E-state index contributed by atoms with van der Waals surface area (Å²) < 4.78 is 6.72. The highest BCUT2D eigenvalue weighted by Gasteiger charge is 2.13. The molecule has 0 saturated heterocycles. The van der Waals surface area contributed by atoms with Crippen molar-refractivity contribution in [3.63, 3.8) is 0 Å². The van der Waals surface area contributed by atoms with Crippen molar-refractivity contribution in [2.45, 2.75) is 6.92 Å². The van der Waals surface area contributed by atoms with Gasteiger partial charge in [-0.3, -0.25) is 5.01 Å². The number of imidazole rings is 1. The first-order valence-electron chi connectivity index (χ1n) is 5.91. The Kier molecular flexibility index (Phi) is 2.81. The van der Waals surface area contributed by atoms with Gasteiger partial charge in [0.15, 0.2) is 5.69 Å². The Morgan fingerprint density at radius 2 is 2.32 bits per heavy atom. The lowest BCUT2D eigenvalue weighted by Crippen LogP contribution is -2.35. The zero-order valence-corrected chi connectivity index (χ0v) is 10.3. The molecule has 0 unspecified atom stereocenters. The molecule has 0 aliphatic carbocycles. The van der Waals surface area contributed by atoms with Crippen LogP contribution in [-0.2, 0) is 4.74 Å². The number of carbonyl (C=O) groups is 1. The highest BCUT2D eigenvalue weighted by molar-refractivity contribution is 5.88. The quantitative estimate of drug-likeness (QED) is 0.795. The number of hydrogen-bond donors (Lipinski definition) is 2. The van der Waals surface area contributed by atoms with Gasteiger partial charge in [-0.15, -0.1) is 5.53 Å². The average Bonchev–Trinajstić information content (AvgIpc) is 3.07. The summed E-state index contributed by atoms with van der Waals surface area (Å²) in [6.07, 6.45) is 7.16. The van der Waals surface area contributed by atoms with Crippen molar-refractivity contribution in [1.29, 1.82) is 0 Å². The van der Waals surface area contributed by atoms with Gasteiger partial charge in [-0.1, -0.05) is 0 Å². The smallest absolute Gasteiger partial charge is 0.358 e. The first kappa shape index (κ1) is 11.5. The molecule has 7 nitrogen and oxygen atoms in total. The topological polar surface area (TPSA) is 70.9 Å². The maximum atomic E-state index is 11.6. The van der Waals surface area contributed by atoms with Gasteiger partial charge in [-0.2, -0.15) is 0 Å². The molecule has 3 heterocycles. The predicted octanol–water partition coefficient (Wildman–Crippen LogP) is 0.811. The van der Waals surface area contributed by atoms with Crippen molar-refractivity contribution in [2.75, 3.05) is 11.6 Å². The van der Waals surface area contributed by atoms with Crippen LogP contribution in [0.2, 0.25) is 0 Å². The van der Waals surface area contributed by atoms with Crippen molar-refractivity contribution >= 4 is 17.3 Å². The van der Waals surface area contributed by atoms with E-state index in [1.165, 1.54) is 0 Å². The van der Waals surface area contributed by atoms with Gasteiger partial charge in [0.2, 0.25) is 0 Å². The molecule has 19 heavy (non-hydrogen) atoms. The molecule has 98 valence electrons. The molecule has 0 spiro atoms. The summed E-state index contributed by atoms with van der Waals surface area (Å²) in [5, 5.41) is 1.81. The van der Waals surface area contributed by atoms with E-state index in [1.807, 2.05) is 29.5 Å². The maximum absolute atomic E-state index is 11.6. The predicted molar refractivity (Wildman–Crippen MR) is 69.0 cm³/mol. The number of rotatable bonds is 3. The highest BCUT2D eigenvalue weighted by atomic mass is 16.5. The molecule has 3 rings (SSSR count). The van der Waals surface area contributed by atoms with E-state index in [1.54, 1.807) is 23.7 Å². The number of ether oxygens (including phenoxy) is 1. The number of nitrogens with zero attached hydrogens (tertiary/aromatic N) is 3. The summed E-state index contributed by atoms with van der Waals surface area (Å²) in [5.74, 6) is -0.409. The Balaban J connectivity index is 1.94. The van der Waals surface area contributed by atoms with Gasteiger partial charge in [0.1, 0.15) is 5.65 Å². The molecular weight excluding hydrogens is 246 g/mol. The van der Waals surface area contributed by atoms with Crippen LogP contribution < -0.4 is 16.0 Å². The van der Waals surface area contributed by atoms with E-state index < -0.39 is 5.97 Å². The van der Waals surface area contributed by atoms with Gasteiger partial charge in [0, 0.05) is 24.8 Å². The molecule has 2 N–H and O–H groups in total. The van der Waals surface area contributed by atoms with Crippen molar-refractivity contribution in [2.24, 2.45) is 0 Å². The lowest BCUT2D eigenvalue weighted by molar-refractivity contribution is 0.0520. The Labute approximate surface area is 109 Å². The number of anilines is 1. The maximum Gasteiger partial charge on any atom is 0.358 e. The van der Waals surface area contributed by atoms with Gasteiger partial charge < -0.3 is 14.6 Å². The number of hydrazine groups is 2. The van der Waals surface area contributed by atoms with Crippen LogP contribution in [0.15, 0.2) is 36.9 Å². The van der Waals surface area contributed by atoms with E-state index in [4.69, 9.17) is 4.74 Å². The molecule has 2 aromatic heterocycles. The largest absolute Gasteiger partial charge is 0.461 e. The van der Waals surface area contributed by atoms with Crippen molar-refractivity contribution in [3.05, 3.63) is 42.6 Å². The Morgan fingerprint density at radius 3 is 3.05 bits per heavy atom. The molecule has 2 aromatic rings. The van der Waals surface area contributed by atoms with Gasteiger partial charge in [0.25, 0.3) is 0 Å². The summed E-state index contributed by atoms with van der Waals surface area (Å²) in [6.45, 7) is 2.11. The number of carbonyl (C=O) groups excluding carboxylic acids is 1. The number of aromatic nitrogens is 2. The third-order valence-electron chi connectivity index (χ3n) is 2.69. The van der Waals surface area contributed by atoms with E-state index in [0.717, 1.165) is 5.69 Å². The number of hydrogen-bond acceptors (Lipinski definition) is 6. The van der Waals surface area contributed by atoms with Crippen molar-refractivity contribution in [3.8, 4) is 0 Å². The lowest BCUT2D eigenvalue weighted by atomic mass is 10.4. The van der Waals surface area contributed by atoms with E-state index in [2.05, 4.69) is 15.9 Å². The molecule has 0 fully saturated rings. The standard InChI is InChI=1S/C12H13N5O2/c1-2-19-12(18)10-8-16-7-9(3-4-11(16)14-10)17-6-5-13-15-17/h3-8,13,15H,2H2,1H3. The molecule has 0 bridgehead atoms. The van der Waals surface area contributed by atoms with Crippen LogP contribution in [0.25, 0.3) is 5.65 Å². The first-order valence-corrected chi connectivity index (χ1v) is 5.91. The van der Waals surface area contributed by atoms with E-state index in [9.17, 15) is 4.79 Å². The molecule has 0 saturated carbocycles. The fourth-order valence-corrected chi connectivity index (χ4v) is 1.83. The second-order valence-corrected chi connectivity index (χ2v) is 3.94. The second-order valence-electron chi connectivity index (χ2n) is 3.94. The van der Waals surface area contributed by atoms with E-state index >= 15 is 0 Å². The SMILES string of the molecule is CCOC(=O)c1cn2cc(N3C=CNN3)ccc2n1. The Morgan fingerprint density at radius 1 is 1.42 bits per heavy atom. The fourth-order valence-electron chi connectivity index (χ4n) is 1.83. The first-order chi connectivity index (χ1) is 9.28. The normalized spacial score (nSPS) is 13.8. The van der Waals surface area contributed by atoms with Gasteiger partial charge >= 0.3 is 5.97 Å². The number of esters is 1. The molecule has 1 aliphatic rings. The van der Waals surface area contributed by atoms with Gasteiger partial charge in [0.05, 0.1) is 12.3 Å². The van der Waals surface area contributed by atoms with Gasteiger partial charge in [-0.25, -0.2) is 9.78 Å². The fraction of sp³-hybridized carbons (Fsp3) is 0.167. The molecule has 0 amide bonds. The van der Waals surface area contributed by atoms with Crippen LogP contribution in [0, 0.1) is 0 Å². The molecule has 7 heteroatoms. The summed E-state index contributed by atoms with van der Waals surface area (Å²) in [4.78, 5) is 15.8. The summed E-state index contributed by atoms with van der Waals surface area (Å²) >= 11 is 0. The number of fused-ring (bicyclic) bond motifs is 1. The molecular formula is C12H13N5O2. The minimum atomic E-state index is -0.409. The monoisotopic (exact) mass is 259 g/mol. The third kappa shape index (κ3) is 2.11. The summed E-state index contributed by atoms with van der Waals surface area (Å²) in [5.41, 5.74) is 7.71. The third-order valence-corrected chi connectivity index (χ3v) is 2.69. The van der Waals surface area contributed by atoms with E-state index in [-0.39, 0.29) is 0 Å². The summed E-state index contributed by atoms with van der Waals surface area (Å²) in [7, 11) is 0. The average molecular weight is 259 g/mol. The minimum Gasteiger partial charge on any atom is -0.461 e.